The number of hydrogen-bond acceptors (Lipinski definition) is 1. The Morgan fingerprint density at radius 2 is 1.75 bits per heavy atom. The van der Waals surface area contributed by atoms with Crippen molar-refractivity contribution in [1.82, 2.24) is 5.32 Å². The van der Waals surface area contributed by atoms with Gasteiger partial charge in [-0.15, -0.1) is 0 Å². The maximum absolute atomic E-state index is 13.9. The minimum absolute atomic E-state index is 0.0584. The summed E-state index contributed by atoms with van der Waals surface area (Å²) in [6.07, 6.45) is 0.756. The molecule has 0 aliphatic heterocycles. The topological polar surface area (TPSA) is 12.0 Å². The highest BCUT2D eigenvalue weighted by Crippen LogP contribution is 2.26. The first-order chi connectivity index (χ1) is 9.58. The van der Waals surface area contributed by atoms with Gasteiger partial charge < -0.3 is 5.32 Å². The summed E-state index contributed by atoms with van der Waals surface area (Å²) in [4.78, 5) is 0. The van der Waals surface area contributed by atoms with Gasteiger partial charge in [0.15, 0.2) is 0 Å². The summed E-state index contributed by atoms with van der Waals surface area (Å²) in [5.74, 6) is -2.83. The Morgan fingerprint density at radius 1 is 1.00 bits per heavy atom. The van der Waals surface area contributed by atoms with Crippen molar-refractivity contribution >= 4 is 0 Å². The number of alkyl halides is 2. The third kappa shape index (κ3) is 4.14. The Morgan fingerprint density at radius 3 is 2.45 bits per heavy atom. The lowest BCUT2D eigenvalue weighted by atomic mass is 10.1. The molecule has 1 nitrogen and oxygen atoms in total. The Bertz CT molecular complexity index is 538. The molecule has 0 aliphatic carbocycles. The third-order valence-corrected chi connectivity index (χ3v) is 3.22. The lowest BCUT2D eigenvalue weighted by molar-refractivity contribution is -0.00285. The zero-order valence-electron chi connectivity index (χ0n) is 11.6. The van der Waals surface area contributed by atoms with Crippen molar-refractivity contribution in [3.63, 3.8) is 0 Å². The first-order valence-corrected chi connectivity index (χ1v) is 6.77. The zero-order chi connectivity index (χ0) is 14.4. The molecule has 0 bridgehead atoms. The molecule has 2 rings (SSSR count). The summed E-state index contributed by atoms with van der Waals surface area (Å²) in [5, 5.41) is 2.84. The van der Waals surface area contributed by atoms with Crippen LogP contribution < -0.4 is 5.32 Å². The second-order valence-corrected chi connectivity index (χ2v) is 4.99. The van der Waals surface area contributed by atoms with Gasteiger partial charge in [-0.3, -0.25) is 0 Å². The molecule has 0 unspecified atom stereocenters. The van der Waals surface area contributed by atoms with Crippen LogP contribution in [0.15, 0.2) is 54.6 Å². The molecule has 0 spiro atoms. The highest BCUT2D eigenvalue weighted by molar-refractivity contribution is 5.22. The molecule has 0 saturated carbocycles. The molecular formula is C17H19F2N. The van der Waals surface area contributed by atoms with Crippen LogP contribution in [0.2, 0.25) is 0 Å². The van der Waals surface area contributed by atoms with Crippen molar-refractivity contribution in [1.29, 1.82) is 0 Å². The quantitative estimate of drug-likeness (QED) is 0.788. The molecule has 3 heteroatoms. The monoisotopic (exact) mass is 275 g/mol. The molecule has 0 heterocycles. The van der Waals surface area contributed by atoms with Crippen LogP contribution in [0.5, 0.6) is 0 Å². The summed E-state index contributed by atoms with van der Waals surface area (Å²) in [5.41, 5.74) is 2.42. The van der Waals surface area contributed by atoms with E-state index >= 15 is 0 Å². The van der Waals surface area contributed by atoms with Crippen molar-refractivity contribution in [2.24, 2.45) is 0 Å². The number of aryl methyl sites for hydroxylation is 1. The SMILES string of the molecule is Cc1cccc(CCNCC(F)(F)c2ccccc2)c1. The maximum atomic E-state index is 13.9. The summed E-state index contributed by atoms with van der Waals surface area (Å²) >= 11 is 0. The molecular weight excluding hydrogens is 256 g/mol. The summed E-state index contributed by atoms with van der Waals surface area (Å²) < 4.78 is 27.8. The van der Waals surface area contributed by atoms with Crippen LogP contribution in [0.25, 0.3) is 0 Å². The number of hydrogen-bond donors (Lipinski definition) is 1. The predicted octanol–water partition coefficient (Wildman–Crippen LogP) is 3.92. The van der Waals surface area contributed by atoms with Crippen molar-refractivity contribution in [3.8, 4) is 0 Å². The molecule has 0 atom stereocenters. The smallest absolute Gasteiger partial charge is 0.285 e. The number of nitrogens with one attached hydrogen (secondary N) is 1. The van der Waals surface area contributed by atoms with E-state index in [0.717, 1.165) is 6.42 Å². The molecule has 0 fully saturated rings. The molecule has 1 N–H and O–H groups in total. The zero-order valence-corrected chi connectivity index (χ0v) is 11.6. The van der Waals surface area contributed by atoms with Gasteiger partial charge in [-0.2, -0.15) is 8.78 Å². The minimum atomic E-state index is -2.83. The van der Waals surface area contributed by atoms with Gasteiger partial charge in [-0.25, -0.2) is 0 Å². The fraction of sp³-hybridized carbons (Fsp3) is 0.294. The van der Waals surface area contributed by atoms with Gasteiger partial charge in [-0.05, 0) is 25.5 Å². The molecule has 2 aromatic rings. The Balaban J connectivity index is 1.81. The van der Waals surface area contributed by atoms with Gasteiger partial charge in [0.05, 0.1) is 6.54 Å². The lowest BCUT2D eigenvalue weighted by Gasteiger charge is -2.17. The van der Waals surface area contributed by atoms with E-state index in [9.17, 15) is 8.78 Å². The van der Waals surface area contributed by atoms with Crippen molar-refractivity contribution in [3.05, 3.63) is 71.3 Å². The van der Waals surface area contributed by atoms with Gasteiger partial charge in [-0.1, -0.05) is 60.2 Å². The van der Waals surface area contributed by atoms with Crippen LogP contribution in [0.1, 0.15) is 16.7 Å². The summed E-state index contributed by atoms with van der Waals surface area (Å²) in [6, 6.07) is 16.0. The highest BCUT2D eigenvalue weighted by Gasteiger charge is 2.30. The first kappa shape index (κ1) is 14.7. The van der Waals surface area contributed by atoms with Gasteiger partial charge in [0.1, 0.15) is 0 Å². The van der Waals surface area contributed by atoms with Gasteiger partial charge in [0.25, 0.3) is 5.92 Å². The lowest BCUT2D eigenvalue weighted by Crippen LogP contribution is -2.32. The largest absolute Gasteiger partial charge is 0.311 e. The number of halogens is 2. The van der Waals surface area contributed by atoms with Crippen LogP contribution in [-0.4, -0.2) is 13.1 Å². The van der Waals surface area contributed by atoms with E-state index in [4.69, 9.17) is 0 Å². The molecule has 2 aromatic carbocycles. The van der Waals surface area contributed by atoms with Crippen LogP contribution in [0.4, 0.5) is 8.78 Å². The average Bonchev–Trinajstić information content (AvgIpc) is 2.45. The van der Waals surface area contributed by atoms with Crippen molar-refractivity contribution in [2.45, 2.75) is 19.3 Å². The summed E-state index contributed by atoms with van der Waals surface area (Å²) in [6.45, 7) is 2.25. The van der Waals surface area contributed by atoms with Crippen LogP contribution >= 0.6 is 0 Å². The second-order valence-electron chi connectivity index (χ2n) is 4.99. The van der Waals surface area contributed by atoms with Crippen LogP contribution in [-0.2, 0) is 12.3 Å². The molecule has 0 saturated heterocycles. The summed E-state index contributed by atoms with van der Waals surface area (Å²) in [7, 11) is 0. The first-order valence-electron chi connectivity index (χ1n) is 6.77. The van der Waals surface area contributed by atoms with Gasteiger partial charge in [0, 0.05) is 5.56 Å². The molecule has 106 valence electrons. The highest BCUT2D eigenvalue weighted by atomic mass is 19.3. The van der Waals surface area contributed by atoms with Crippen molar-refractivity contribution < 1.29 is 8.78 Å². The standard InChI is InChI=1S/C17H19F2N/c1-14-6-5-7-15(12-14)10-11-20-13-17(18,19)16-8-3-2-4-9-16/h2-9,12,20H,10-11,13H2,1H3. The average molecular weight is 275 g/mol. The van der Waals surface area contributed by atoms with Gasteiger partial charge >= 0.3 is 0 Å². The van der Waals surface area contributed by atoms with Crippen LogP contribution in [0, 0.1) is 6.92 Å². The second kappa shape index (κ2) is 6.62. The Hall–Kier alpha value is -1.74. The molecule has 0 amide bonds. The molecule has 0 aliphatic rings. The van der Waals surface area contributed by atoms with E-state index in [1.807, 2.05) is 25.1 Å². The Kier molecular flexibility index (Phi) is 4.85. The van der Waals surface area contributed by atoms with E-state index in [0.29, 0.717) is 6.54 Å². The van der Waals surface area contributed by atoms with Crippen molar-refractivity contribution in [2.75, 3.05) is 13.1 Å². The number of benzene rings is 2. The Labute approximate surface area is 118 Å². The predicted molar refractivity (Wildman–Crippen MR) is 78.1 cm³/mol. The van der Waals surface area contributed by atoms with Crippen LogP contribution in [0.3, 0.4) is 0 Å². The molecule has 0 radical (unpaired) electrons. The molecule has 20 heavy (non-hydrogen) atoms. The third-order valence-electron chi connectivity index (χ3n) is 3.22. The molecule has 0 aromatic heterocycles. The van der Waals surface area contributed by atoms with Gasteiger partial charge in [0.2, 0.25) is 0 Å². The number of rotatable bonds is 6. The normalized spacial score (nSPS) is 11.6. The minimum Gasteiger partial charge on any atom is -0.311 e. The fourth-order valence-corrected chi connectivity index (χ4v) is 2.13. The van der Waals surface area contributed by atoms with E-state index in [1.165, 1.54) is 23.3 Å². The maximum Gasteiger partial charge on any atom is 0.285 e. The van der Waals surface area contributed by atoms with E-state index in [2.05, 4.69) is 11.4 Å². The fourth-order valence-electron chi connectivity index (χ4n) is 2.13. The van der Waals surface area contributed by atoms with E-state index in [-0.39, 0.29) is 12.1 Å². The van der Waals surface area contributed by atoms with E-state index in [1.54, 1.807) is 18.2 Å². The van der Waals surface area contributed by atoms with E-state index < -0.39 is 5.92 Å².